The highest BCUT2D eigenvalue weighted by Crippen LogP contribution is 2.12. The molecule has 0 saturated carbocycles. The van der Waals surface area contributed by atoms with Crippen LogP contribution in [-0.4, -0.2) is 17.8 Å². The van der Waals surface area contributed by atoms with Crippen LogP contribution in [-0.2, 0) is 4.79 Å². The van der Waals surface area contributed by atoms with E-state index in [0.29, 0.717) is 5.02 Å². The van der Waals surface area contributed by atoms with Crippen LogP contribution in [0.15, 0.2) is 58.7 Å². The molecule has 0 unspecified atom stereocenters. The van der Waals surface area contributed by atoms with Gasteiger partial charge in [0.1, 0.15) is 0 Å². The van der Waals surface area contributed by atoms with Gasteiger partial charge in [0, 0.05) is 17.6 Å². The van der Waals surface area contributed by atoms with Gasteiger partial charge in [0.25, 0.3) is 0 Å². The van der Waals surface area contributed by atoms with Crippen LogP contribution in [0, 0.1) is 0 Å². The molecule has 0 aliphatic carbocycles. The zero-order chi connectivity index (χ0) is 15.9. The summed E-state index contributed by atoms with van der Waals surface area (Å²) in [4.78, 5) is 11.1. The number of hydrogen-bond donors (Lipinski definition) is 1. The lowest BCUT2D eigenvalue weighted by Crippen LogP contribution is -2.06. The quantitative estimate of drug-likeness (QED) is 0.669. The lowest BCUT2D eigenvalue weighted by Gasteiger charge is -2.04. The highest BCUT2D eigenvalue weighted by atomic mass is 35.5. The fraction of sp³-hybridized carbons (Fsp3) is 0.118. The van der Waals surface area contributed by atoms with E-state index in [9.17, 15) is 4.79 Å². The second kappa shape index (κ2) is 7.52. The van der Waals surface area contributed by atoms with Crippen molar-refractivity contribution in [2.45, 2.75) is 13.8 Å². The molecule has 0 aliphatic rings. The smallest absolute Gasteiger partial charge is 0.221 e. The maximum Gasteiger partial charge on any atom is 0.221 e. The van der Waals surface area contributed by atoms with Crippen LogP contribution < -0.4 is 5.32 Å². The van der Waals surface area contributed by atoms with Gasteiger partial charge in [-0.15, -0.1) is 0 Å². The van der Waals surface area contributed by atoms with Crippen molar-refractivity contribution in [3.8, 4) is 0 Å². The standard InChI is InChI=1S/C17H16ClN3O/c1-12(15-4-3-5-17(10-15)20-13(2)22)21-19-11-14-6-8-16(18)9-7-14/h3-11H,1-2H3,(H,20,22)/b19-11+,21-12+. The summed E-state index contributed by atoms with van der Waals surface area (Å²) in [6.07, 6.45) is 1.66. The molecule has 112 valence electrons. The molecule has 2 rings (SSSR count). The van der Waals surface area contributed by atoms with Crippen molar-refractivity contribution < 1.29 is 4.79 Å². The summed E-state index contributed by atoms with van der Waals surface area (Å²) in [7, 11) is 0. The van der Waals surface area contributed by atoms with E-state index in [4.69, 9.17) is 11.6 Å². The number of hydrogen-bond acceptors (Lipinski definition) is 3. The lowest BCUT2D eigenvalue weighted by molar-refractivity contribution is -0.114. The molecule has 1 amide bonds. The molecule has 0 fully saturated rings. The van der Waals surface area contributed by atoms with E-state index in [1.807, 2.05) is 43.3 Å². The Hall–Kier alpha value is -2.46. The molecule has 0 bridgehead atoms. The molecule has 0 aliphatic heterocycles. The van der Waals surface area contributed by atoms with E-state index in [0.717, 1.165) is 22.5 Å². The van der Waals surface area contributed by atoms with Gasteiger partial charge in [0.15, 0.2) is 0 Å². The number of carbonyl (C=O) groups excluding carboxylic acids is 1. The maximum atomic E-state index is 11.1. The Bertz CT molecular complexity index is 721. The SMILES string of the molecule is CC(=O)Nc1cccc(/C(C)=N/N=C/c2ccc(Cl)cc2)c1. The first-order valence-electron chi connectivity index (χ1n) is 6.76. The average molecular weight is 314 g/mol. The molecule has 0 aromatic heterocycles. The van der Waals surface area contributed by atoms with Crippen molar-refractivity contribution in [2.24, 2.45) is 10.2 Å². The van der Waals surface area contributed by atoms with Gasteiger partial charge in [0.05, 0.1) is 11.9 Å². The molecule has 2 aromatic rings. The van der Waals surface area contributed by atoms with E-state index in [1.165, 1.54) is 6.92 Å². The van der Waals surface area contributed by atoms with Crippen LogP contribution >= 0.6 is 11.6 Å². The highest BCUT2D eigenvalue weighted by Gasteiger charge is 2.00. The van der Waals surface area contributed by atoms with Crippen molar-refractivity contribution in [3.63, 3.8) is 0 Å². The van der Waals surface area contributed by atoms with Crippen LogP contribution in [0.25, 0.3) is 0 Å². The molecule has 0 radical (unpaired) electrons. The number of halogens is 1. The Morgan fingerprint density at radius 3 is 2.55 bits per heavy atom. The minimum atomic E-state index is -0.104. The Morgan fingerprint density at radius 2 is 1.86 bits per heavy atom. The third kappa shape index (κ3) is 4.82. The minimum Gasteiger partial charge on any atom is -0.326 e. The van der Waals surface area contributed by atoms with Crippen molar-refractivity contribution in [3.05, 3.63) is 64.7 Å². The molecular formula is C17H16ClN3O. The molecule has 4 nitrogen and oxygen atoms in total. The average Bonchev–Trinajstić information content (AvgIpc) is 2.49. The minimum absolute atomic E-state index is 0.104. The van der Waals surface area contributed by atoms with Gasteiger partial charge in [-0.1, -0.05) is 35.9 Å². The Morgan fingerprint density at radius 1 is 1.14 bits per heavy atom. The first kappa shape index (κ1) is 15.9. The molecule has 5 heteroatoms. The van der Waals surface area contributed by atoms with Crippen molar-refractivity contribution >= 4 is 35.1 Å². The third-order valence-electron chi connectivity index (χ3n) is 2.89. The van der Waals surface area contributed by atoms with Crippen molar-refractivity contribution in [2.75, 3.05) is 5.32 Å². The maximum absolute atomic E-state index is 11.1. The number of amides is 1. The molecule has 0 heterocycles. The Balaban J connectivity index is 2.11. The van der Waals surface area contributed by atoms with Crippen LogP contribution in [0.2, 0.25) is 5.02 Å². The van der Waals surface area contributed by atoms with E-state index in [1.54, 1.807) is 18.3 Å². The van der Waals surface area contributed by atoms with Gasteiger partial charge < -0.3 is 5.32 Å². The normalized spacial score (nSPS) is 11.7. The zero-order valence-electron chi connectivity index (χ0n) is 12.4. The summed E-state index contributed by atoms with van der Waals surface area (Å²) in [5.41, 5.74) is 3.33. The van der Waals surface area contributed by atoms with Gasteiger partial charge in [-0.2, -0.15) is 10.2 Å². The second-order valence-electron chi connectivity index (χ2n) is 4.74. The summed E-state index contributed by atoms with van der Waals surface area (Å²) < 4.78 is 0. The largest absolute Gasteiger partial charge is 0.326 e. The Labute approximate surface area is 134 Å². The van der Waals surface area contributed by atoms with Gasteiger partial charge >= 0.3 is 0 Å². The van der Waals surface area contributed by atoms with Crippen LogP contribution in [0.1, 0.15) is 25.0 Å². The Kier molecular flexibility index (Phi) is 5.44. The lowest BCUT2D eigenvalue weighted by atomic mass is 10.1. The van der Waals surface area contributed by atoms with Gasteiger partial charge in [0.2, 0.25) is 5.91 Å². The van der Waals surface area contributed by atoms with Crippen molar-refractivity contribution in [1.82, 2.24) is 0 Å². The number of rotatable bonds is 4. The predicted octanol–water partition coefficient (Wildman–Crippen LogP) is 4.14. The summed E-state index contributed by atoms with van der Waals surface area (Å²) in [6, 6.07) is 14.8. The number of nitrogens with zero attached hydrogens (tertiary/aromatic N) is 2. The molecule has 1 N–H and O–H groups in total. The zero-order valence-corrected chi connectivity index (χ0v) is 13.1. The van der Waals surface area contributed by atoms with Crippen LogP contribution in [0.4, 0.5) is 5.69 Å². The van der Waals surface area contributed by atoms with E-state index in [-0.39, 0.29) is 5.91 Å². The first-order chi connectivity index (χ1) is 10.5. The summed E-state index contributed by atoms with van der Waals surface area (Å²) >= 11 is 5.83. The van der Waals surface area contributed by atoms with E-state index in [2.05, 4.69) is 15.5 Å². The molecular weight excluding hydrogens is 298 g/mol. The number of nitrogens with one attached hydrogen (secondary N) is 1. The predicted molar refractivity (Wildman–Crippen MR) is 92.0 cm³/mol. The van der Waals surface area contributed by atoms with Crippen molar-refractivity contribution in [1.29, 1.82) is 0 Å². The topological polar surface area (TPSA) is 53.8 Å². The molecule has 0 saturated heterocycles. The van der Waals surface area contributed by atoms with Gasteiger partial charge in [-0.25, -0.2) is 0 Å². The fourth-order valence-electron chi connectivity index (χ4n) is 1.81. The van der Waals surface area contributed by atoms with E-state index >= 15 is 0 Å². The number of benzene rings is 2. The summed E-state index contributed by atoms with van der Waals surface area (Å²) in [6.45, 7) is 3.34. The first-order valence-corrected chi connectivity index (χ1v) is 7.13. The molecule has 22 heavy (non-hydrogen) atoms. The number of carbonyl (C=O) groups is 1. The molecule has 0 spiro atoms. The third-order valence-corrected chi connectivity index (χ3v) is 3.14. The van der Waals surface area contributed by atoms with Crippen LogP contribution in [0.5, 0.6) is 0 Å². The van der Waals surface area contributed by atoms with Gasteiger partial charge in [-0.05, 0) is 42.3 Å². The fourth-order valence-corrected chi connectivity index (χ4v) is 1.94. The van der Waals surface area contributed by atoms with Gasteiger partial charge in [-0.3, -0.25) is 4.79 Å². The summed E-state index contributed by atoms with van der Waals surface area (Å²) in [5, 5.41) is 11.7. The second-order valence-corrected chi connectivity index (χ2v) is 5.18. The molecule has 2 aromatic carbocycles. The monoisotopic (exact) mass is 313 g/mol. The number of anilines is 1. The van der Waals surface area contributed by atoms with Crippen LogP contribution in [0.3, 0.4) is 0 Å². The highest BCUT2D eigenvalue weighted by molar-refractivity contribution is 6.30. The molecule has 0 atom stereocenters. The summed E-state index contributed by atoms with van der Waals surface area (Å²) in [5.74, 6) is -0.104. The van der Waals surface area contributed by atoms with E-state index < -0.39 is 0 Å².